The van der Waals surface area contributed by atoms with Crippen LogP contribution >= 0.6 is 11.6 Å². The molecule has 0 saturated carbocycles. The SMILES string of the molecule is O=C(O)CNC(=O)c1ncc(-c2cc(-c3cccc(Cl)c3)no2)cc1O. The maximum atomic E-state index is 11.8. The zero-order valence-corrected chi connectivity index (χ0v) is 13.9. The molecule has 3 rings (SSSR count). The van der Waals surface area contributed by atoms with Crippen LogP contribution in [0.25, 0.3) is 22.6 Å². The number of hydrogen-bond acceptors (Lipinski definition) is 6. The highest BCUT2D eigenvalue weighted by atomic mass is 35.5. The molecule has 0 unspecified atom stereocenters. The molecule has 2 heterocycles. The van der Waals surface area contributed by atoms with Gasteiger partial charge in [0.2, 0.25) is 0 Å². The number of aromatic hydroxyl groups is 1. The molecule has 0 spiro atoms. The molecule has 9 heteroatoms. The van der Waals surface area contributed by atoms with Crippen LogP contribution in [0, 0.1) is 0 Å². The molecule has 0 aliphatic rings. The van der Waals surface area contributed by atoms with Crippen molar-refractivity contribution in [3.8, 4) is 28.3 Å². The van der Waals surface area contributed by atoms with Crippen molar-refractivity contribution in [2.45, 2.75) is 0 Å². The van der Waals surface area contributed by atoms with E-state index in [0.29, 0.717) is 22.0 Å². The molecule has 1 aromatic carbocycles. The Labute approximate surface area is 152 Å². The van der Waals surface area contributed by atoms with Crippen LogP contribution in [0.4, 0.5) is 0 Å². The Balaban J connectivity index is 1.84. The summed E-state index contributed by atoms with van der Waals surface area (Å²) in [5.41, 5.74) is 1.42. The normalized spacial score (nSPS) is 10.5. The van der Waals surface area contributed by atoms with Crippen LogP contribution in [0.5, 0.6) is 5.75 Å². The second kappa shape index (κ2) is 7.24. The number of benzene rings is 1. The third-order valence-corrected chi connectivity index (χ3v) is 3.63. The second-order valence-corrected chi connectivity index (χ2v) is 5.69. The highest BCUT2D eigenvalue weighted by Gasteiger charge is 2.17. The number of nitrogens with one attached hydrogen (secondary N) is 1. The van der Waals surface area contributed by atoms with Gasteiger partial charge in [-0.1, -0.05) is 28.9 Å². The molecule has 132 valence electrons. The number of carbonyl (C=O) groups is 2. The number of halogens is 1. The van der Waals surface area contributed by atoms with Gasteiger partial charge in [-0.15, -0.1) is 0 Å². The lowest BCUT2D eigenvalue weighted by Gasteiger charge is -2.05. The van der Waals surface area contributed by atoms with Crippen molar-refractivity contribution in [3.63, 3.8) is 0 Å². The number of carboxylic acid groups (broad SMARTS) is 1. The Hall–Kier alpha value is -3.39. The number of hydrogen-bond donors (Lipinski definition) is 3. The molecule has 0 aliphatic carbocycles. The molecule has 0 bridgehead atoms. The number of rotatable bonds is 5. The van der Waals surface area contributed by atoms with E-state index >= 15 is 0 Å². The number of aliphatic carboxylic acids is 1. The van der Waals surface area contributed by atoms with Gasteiger partial charge in [-0.3, -0.25) is 9.59 Å². The first-order chi connectivity index (χ1) is 12.4. The summed E-state index contributed by atoms with van der Waals surface area (Å²) in [6.45, 7) is -0.577. The van der Waals surface area contributed by atoms with E-state index in [0.717, 1.165) is 5.56 Å². The van der Waals surface area contributed by atoms with E-state index in [1.165, 1.54) is 12.3 Å². The van der Waals surface area contributed by atoms with Crippen LogP contribution in [-0.4, -0.2) is 38.8 Å². The number of carbonyl (C=O) groups excluding carboxylic acids is 1. The van der Waals surface area contributed by atoms with Crippen molar-refractivity contribution in [2.75, 3.05) is 6.54 Å². The molecule has 0 radical (unpaired) electrons. The fourth-order valence-electron chi connectivity index (χ4n) is 2.20. The first kappa shape index (κ1) is 17.4. The van der Waals surface area contributed by atoms with E-state index in [-0.39, 0.29) is 5.69 Å². The monoisotopic (exact) mass is 373 g/mol. The summed E-state index contributed by atoms with van der Waals surface area (Å²) in [4.78, 5) is 26.1. The Morgan fingerprint density at radius 1 is 1.19 bits per heavy atom. The number of carboxylic acids is 1. The second-order valence-electron chi connectivity index (χ2n) is 5.25. The van der Waals surface area contributed by atoms with Crippen molar-refractivity contribution >= 4 is 23.5 Å². The van der Waals surface area contributed by atoms with Crippen molar-refractivity contribution in [1.82, 2.24) is 15.5 Å². The summed E-state index contributed by atoms with van der Waals surface area (Å²) in [6, 6.07) is 10.00. The standard InChI is InChI=1S/C17H12ClN3O5/c18-11-3-1-2-9(4-11)12-6-14(26-21-12)10-5-13(22)16(19-7-10)17(25)20-8-15(23)24/h1-7,22H,8H2,(H,20,25)(H,23,24). The first-order valence-corrected chi connectivity index (χ1v) is 7.74. The molecule has 0 fully saturated rings. The lowest BCUT2D eigenvalue weighted by Crippen LogP contribution is -2.29. The van der Waals surface area contributed by atoms with Crippen LogP contribution < -0.4 is 5.32 Å². The van der Waals surface area contributed by atoms with E-state index in [1.807, 2.05) is 6.07 Å². The minimum absolute atomic E-state index is 0.287. The molecule has 8 nitrogen and oxygen atoms in total. The van der Waals surface area contributed by atoms with Crippen molar-refractivity contribution in [3.05, 3.63) is 53.3 Å². The third kappa shape index (κ3) is 3.81. The molecule has 2 aromatic heterocycles. The highest BCUT2D eigenvalue weighted by molar-refractivity contribution is 6.30. The average molecular weight is 374 g/mol. The summed E-state index contributed by atoms with van der Waals surface area (Å²) < 4.78 is 5.26. The van der Waals surface area contributed by atoms with E-state index < -0.39 is 24.2 Å². The molecule has 0 aliphatic heterocycles. The summed E-state index contributed by atoms with van der Waals surface area (Å²) in [6.07, 6.45) is 1.32. The molecule has 1 amide bonds. The predicted molar refractivity (Wildman–Crippen MR) is 91.8 cm³/mol. The zero-order chi connectivity index (χ0) is 18.7. The van der Waals surface area contributed by atoms with Gasteiger partial charge in [0.05, 0.1) is 0 Å². The summed E-state index contributed by atoms with van der Waals surface area (Å²) in [7, 11) is 0. The third-order valence-electron chi connectivity index (χ3n) is 3.40. The van der Waals surface area contributed by atoms with Gasteiger partial charge in [0.15, 0.2) is 11.5 Å². The molecule has 0 atom stereocenters. The maximum Gasteiger partial charge on any atom is 0.322 e. The minimum atomic E-state index is -1.20. The molecule has 3 N–H and O–H groups in total. The largest absolute Gasteiger partial charge is 0.505 e. The molecule has 3 aromatic rings. The van der Waals surface area contributed by atoms with Gasteiger partial charge in [0, 0.05) is 28.4 Å². The Morgan fingerprint density at radius 3 is 2.69 bits per heavy atom. The van der Waals surface area contributed by atoms with Crippen molar-refractivity contribution in [1.29, 1.82) is 0 Å². The molecular weight excluding hydrogens is 362 g/mol. The number of pyridine rings is 1. The molecular formula is C17H12ClN3O5. The maximum absolute atomic E-state index is 11.8. The summed E-state index contributed by atoms with van der Waals surface area (Å²) in [5, 5.41) is 25.2. The van der Waals surface area contributed by atoms with Crippen LogP contribution in [0.3, 0.4) is 0 Å². The zero-order valence-electron chi connectivity index (χ0n) is 13.1. The highest BCUT2D eigenvalue weighted by Crippen LogP contribution is 2.29. The van der Waals surface area contributed by atoms with Gasteiger partial charge in [-0.25, -0.2) is 4.98 Å². The topological polar surface area (TPSA) is 126 Å². The minimum Gasteiger partial charge on any atom is -0.505 e. The Morgan fingerprint density at radius 2 is 2.00 bits per heavy atom. The van der Waals surface area contributed by atoms with Crippen LogP contribution in [0.2, 0.25) is 5.02 Å². The van der Waals surface area contributed by atoms with Gasteiger partial charge in [-0.05, 0) is 18.2 Å². The van der Waals surface area contributed by atoms with Gasteiger partial charge >= 0.3 is 5.97 Å². The average Bonchev–Trinajstić information content (AvgIpc) is 3.09. The van der Waals surface area contributed by atoms with Crippen LogP contribution in [0.15, 0.2) is 47.1 Å². The summed E-state index contributed by atoms with van der Waals surface area (Å²) >= 11 is 5.96. The van der Waals surface area contributed by atoms with E-state index in [1.54, 1.807) is 24.3 Å². The van der Waals surface area contributed by atoms with Gasteiger partial charge < -0.3 is 20.1 Å². The smallest absolute Gasteiger partial charge is 0.322 e. The number of amides is 1. The quantitative estimate of drug-likeness (QED) is 0.627. The lowest BCUT2D eigenvalue weighted by molar-refractivity contribution is -0.135. The fourth-order valence-corrected chi connectivity index (χ4v) is 2.39. The van der Waals surface area contributed by atoms with E-state index in [2.05, 4.69) is 15.5 Å². The molecule has 0 saturated heterocycles. The number of nitrogens with zero attached hydrogens (tertiary/aromatic N) is 2. The Bertz CT molecular complexity index is 986. The molecule has 26 heavy (non-hydrogen) atoms. The van der Waals surface area contributed by atoms with Gasteiger partial charge in [0.25, 0.3) is 5.91 Å². The fraction of sp³-hybridized carbons (Fsp3) is 0.0588. The van der Waals surface area contributed by atoms with Crippen molar-refractivity contribution in [2.24, 2.45) is 0 Å². The van der Waals surface area contributed by atoms with Crippen LogP contribution in [0.1, 0.15) is 10.5 Å². The van der Waals surface area contributed by atoms with Gasteiger partial charge in [0.1, 0.15) is 18.0 Å². The predicted octanol–water partition coefficient (Wildman–Crippen LogP) is 2.58. The van der Waals surface area contributed by atoms with E-state index in [4.69, 9.17) is 21.2 Å². The Kier molecular flexibility index (Phi) is 4.85. The summed E-state index contributed by atoms with van der Waals surface area (Å²) in [5.74, 6) is -2.08. The van der Waals surface area contributed by atoms with Gasteiger partial charge in [-0.2, -0.15) is 0 Å². The van der Waals surface area contributed by atoms with Crippen molar-refractivity contribution < 1.29 is 24.3 Å². The van der Waals surface area contributed by atoms with E-state index in [9.17, 15) is 14.7 Å². The van der Waals surface area contributed by atoms with Crippen LogP contribution in [-0.2, 0) is 4.79 Å². The lowest BCUT2D eigenvalue weighted by atomic mass is 10.1. The first-order valence-electron chi connectivity index (χ1n) is 7.36. The number of aromatic nitrogens is 2.